The van der Waals surface area contributed by atoms with Gasteiger partial charge in [0.2, 0.25) is 0 Å². The van der Waals surface area contributed by atoms with Crippen LogP contribution in [0.3, 0.4) is 0 Å². The quantitative estimate of drug-likeness (QED) is 0.800. The van der Waals surface area contributed by atoms with Crippen LogP contribution < -0.4 is 0 Å². The summed E-state index contributed by atoms with van der Waals surface area (Å²) in [6.07, 6.45) is 0. The molecule has 0 aliphatic rings. The molecule has 0 saturated heterocycles. The van der Waals surface area contributed by atoms with Gasteiger partial charge in [-0.25, -0.2) is 4.39 Å². The van der Waals surface area contributed by atoms with Gasteiger partial charge >= 0.3 is 0 Å². The Labute approximate surface area is 103 Å². The van der Waals surface area contributed by atoms with Crippen molar-refractivity contribution < 1.29 is 4.39 Å². The van der Waals surface area contributed by atoms with E-state index in [-0.39, 0.29) is 5.82 Å². The van der Waals surface area contributed by atoms with Crippen LogP contribution in [0.2, 0.25) is 0 Å². The minimum Gasteiger partial charge on any atom is -0.299 e. The lowest BCUT2D eigenvalue weighted by Gasteiger charge is -2.28. The first-order valence-corrected chi connectivity index (χ1v) is 5.84. The lowest BCUT2D eigenvalue weighted by Crippen LogP contribution is -2.33. The lowest BCUT2D eigenvalue weighted by molar-refractivity contribution is 0.198. The van der Waals surface area contributed by atoms with Crippen molar-refractivity contribution in [3.63, 3.8) is 0 Å². The van der Waals surface area contributed by atoms with E-state index >= 15 is 0 Å². The number of benzene rings is 1. The third-order valence-corrected chi connectivity index (χ3v) is 3.25. The molecule has 0 heterocycles. The number of halogens is 1. The van der Waals surface area contributed by atoms with E-state index in [1.807, 2.05) is 13.1 Å². The predicted molar refractivity (Wildman–Crippen MR) is 66.9 cm³/mol. The van der Waals surface area contributed by atoms with Gasteiger partial charge in [-0.2, -0.15) is 5.26 Å². The Morgan fingerprint density at radius 2 is 2.00 bits per heavy atom. The summed E-state index contributed by atoms with van der Waals surface area (Å²) in [7, 11) is 1.98. The van der Waals surface area contributed by atoms with Crippen LogP contribution in [0.15, 0.2) is 18.2 Å². The summed E-state index contributed by atoms with van der Waals surface area (Å²) in [6.45, 7) is 6.93. The summed E-state index contributed by atoms with van der Waals surface area (Å²) in [5.74, 6) is 0.272. The van der Waals surface area contributed by atoms with Crippen molar-refractivity contribution in [3.8, 4) is 6.07 Å². The van der Waals surface area contributed by atoms with E-state index < -0.39 is 0 Å². The summed E-state index contributed by atoms with van der Waals surface area (Å²) in [5.41, 5.74) is 1.09. The summed E-state index contributed by atoms with van der Waals surface area (Å²) in [4.78, 5) is 2.10. The largest absolute Gasteiger partial charge is 0.299 e. The Balaban J connectivity index is 2.84. The summed E-state index contributed by atoms with van der Waals surface area (Å²) in [5, 5.41) is 8.80. The Hall–Kier alpha value is -1.40. The van der Waals surface area contributed by atoms with E-state index in [0.717, 1.165) is 0 Å². The highest BCUT2D eigenvalue weighted by Crippen LogP contribution is 2.16. The zero-order valence-corrected chi connectivity index (χ0v) is 10.9. The highest BCUT2D eigenvalue weighted by atomic mass is 19.1. The molecule has 1 aromatic carbocycles. The highest BCUT2D eigenvalue weighted by Gasteiger charge is 2.15. The molecule has 0 N–H and O–H groups in total. The fraction of sp³-hybridized carbons (Fsp3) is 0.500. The van der Waals surface area contributed by atoms with Crippen LogP contribution >= 0.6 is 0 Å². The predicted octanol–water partition coefficient (Wildman–Crippen LogP) is 3.17. The monoisotopic (exact) mass is 234 g/mol. The molecule has 0 radical (unpaired) electrons. The first-order chi connectivity index (χ1) is 7.95. The normalized spacial score (nSPS) is 12.8. The zero-order chi connectivity index (χ0) is 13.0. The summed E-state index contributed by atoms with van der Waals surface area (Å²) in [6, 6.07) is 6.90. The second-order valence-electron chi connectivity index (χ2n) is 4.82. The average molecular weight is 234 g/mol. The van der Waals surface area contributed by atoms with Gasteiger partial charge in [0.15, 0.2) is 0 Å². The Morgan fingerprint density at radius 1 is 1.35 bits per heavy atom. The standard InChI is InChI=1S/C14H19FN2/c1-10(2)11(3)17(4)9-13-7-12(8-16)5-6-14(13)15/h5-7,10-11H,9H2,1-4H3. The molecule has 0 amide bonds. The molecule has 0 spiro atoms. The van der Waals surface area contributed by atoms with Gasteiger partial charge < -0.3 is 0 Å². The molecule has 1 aromatic rings. The van der Waals surface area contributed by atoms with E-state index in [0.29, 0.717) is 29.6 Å². The minimum absolute atomic E-state index is 0.244. The molecule has 1 unspecified atom stereocenters. The van der Waals surface area contributed by atoms with Crippen molar-refractivity contribution in [2.45, 2.75) is 33.4 Å². The molecule has 2 nitrogen and oxygen atoms in total. The molecule has 0 fully saturated rings. The second kappa shape index (κ2) is 5.79. The SMILES string of the molecule is CC(C)C(C)N(C)Cc1cc(C#N)ccc1F. The first kappa shape index (κ1) is 13.7. The number of hydrogen-bond donors (Lipinski definition) is 0. The van der Waals surface area contributed by atoms with Gasteiger partial charge in [-0.05, 0) is 38.1 Å². The molecular weight excluding hydrogens is 215 g/mol. The maximum atomic E-state index is 13.6. The number of nitriles is 1. The molecule has 1 atom stereocenters. The van der Waals surface area contributed by atoms with Gasteiger partial charge in [0.05, 0.1) is 11.6 Å². The van der Waals surface area contributed by atoms with Crippen molar-refractivity contribution in [2.75, 3.05) is 7.05 Å². The Morgan fingerprint density at radius 3 is 2.53 bits per heavy atom. The number of hydrogen-bond acceptors (Lipinski definition) is 2. The van der Waals surface area contributed by atoms with E-state index in [1.54, 1.807) is 6.07 Å². The molecular formula is C14H19FN2. The van der Waals surface area contributed by atoms with Gasteiger partial charge in [-0.1, -0.05) is 13.8 Å². The lowest BCUT2D eigenvalue weighted by atomic mass is 10.0. The van der Waals surface area contributed by atoms with Gasteiger partial charge in [-0.3, -0.25) is 4.90 Å². The minimum atomic E-state index is -0.244. The van der Waals surface area contributed by atoms with Crippen LogP contribution in [0.25, 0.3) is 0 Å². The average Bonchev–Trinajstić information content (AvgIpc) is 2.30. The van der Waals surface area contributed by atoms with Crippen molar-refractivity contribution in [1.82, 2.24) is 4.90 Å². The van der Waals surface area contributed by atoms with Crippen LogP contribution in [0.5, 0.6) is 0 Å². The molecule has 3 heteroatoms. The third-order valence-electron chi connectivity index (χ3n) is 3.25. The van der Waals surface area contributed by atoms with Crippen LogP contribution in [-0.2, 0) is 6.54 Å². The Bertz CT molecular complexity index is 421. The van der Waals surface area contributed by atoms with Gasteiger partial charge in [0.25, 0.3) is 0 Å². The van der Waals surface area contributed by atoms with E-state index in [2.05, 4.69) is 25.7 Å². The van der Waals surface area contributed by atoms with Crippen molar-refractivity contribution >= 4 is 0 Å². The molecule has 92 valence electrons. The smallest absolute Gasteiger partial charge is 0.127 e. The fourth-order valence-electron chi connectivity index (χ4n) is 1.69. The van der Waals surface area contributed by atoms with Gasteiger partial charge in [0.1, 0.15) is 5.82 Å². The van der Waals surface area contributed by atoms with Gasteiger partial charge in [-0.15, -0.1) is 0 Å². The topological polar surface area (TPSA) is 27.0 Å². The summed E-state index contributed by atoms with van der Waals surface area (Å²) >= 11 is 0. The molecule has 0 saturated carbocycles. The maximum absolute atomic E-state index is 13.6. The molecule has 0 aliphatic carbocycles. The zero-order valence-electron chi connectivity index (χ0n) is 10.9. The van der Waals surface area contributed by atoms with Crippen LogP contribution in [0.1, 0.15) is 31.9 Å². The van der Waals surface area contributed by atoms with E-state index in [4.69, 9.17) is 5.26 Å². The molecule has 0 aliphatic heterocycles. The number of nitrogens with zero attached hydrogens (tertiary/aromatic N) is 2. The highest BCUT2D eigenvalue weighted by molar-refractivity contribution is 5.33. The molecule has 1 rings (SSSR count). The van der Waals surface area contributed by atoms with Crippen LogP contribution in [0, 0.1) is 23.1 Å². The third kappa shape index (κ3) is 3.54. The van der Waals surface area contributed by atoms with E-state index in [1.165, 1.54) is 12.1 Å². The first-order valence-electron chi connectivity index (χ1n) is 5.84. The molecule has 0 bridgehead atoms. The maximum Gasteiger partial charge on any atom is 0.127 e. The second-order valence-corrected chi connectivity index (χ2v) is 4.82. The summed E-state index contributed by atoms with van der Waals surface area (Å²) < 4.78 is 13.6. The van der Waals surface area contributed by atoms with Crippen molar-refractivity contribution in [3.05, 3.63) is 35.1 Å². The van der Waals surface area contributed by atoms with Crippen molar-refractivity contribution in [2.24, 2.45) is 5.92 Å². The van der Waals surface area contributed by atoms with Crippen LogP contribution in [0.4, 0.5) is 4.39 Å². The molecule has 17 heavy (non-hydrogen) atoms. The van der Waals surface area contributed by atoms with E-state index in [9.17, 15) is 4.39 Å². The fourth-order valence-corrected chi connectivity index (χ4v) is 1.69. The van der Waals surface area contributed by atoms with Crippen LogP contribution in [-0.4, -0.2) is 18.0 Å². The van der Waals surface area contributed by atoms with Gasteiger partial charge in [0, 0.05) is 18.2 Å². The number of rotatable bonds is 4. The molecule has 0 aromatic heterocycles. The van der Waals surface area contributed by atoms with Crippen molar-refractivity contribution in [1.29, 1.82) is 5.26 Å². The Kier molecular flexibility index (Phi) is 4.65.